The fraction of sp³-hybridized carbons (Fsp3) is 1.00. The molecule has 0 radical (unpaired) electrons. The molecule has 0 saturated carbocycles. The van der Waals surface area contributed by atoms with Crippen molar-refractivity contribution in [3.05, 3.63) is 0 Å². The monoisotopic (exact) mass is 254 g/mol. The third-order valence-electron chi connectivity index (χ3n) is 4.29. The molecule has 1 atom stereocenters. The molecule has 0 aromatic rings. The quantitative estimate of drug-likeness (QED) is 0.786. The maximum atomic E-state index is 5.39. The van der Waals surface area contributed by atoms with E-state index in [-0.39, 0.29) is 0 Å². The molecule has 0 spiro atoms. The molecular formula is C15H30N2O. The minimum Gasteiger partial charge on any atom is -0.381 e. The van der Waals surface area contributed by atoms with E-state index in [0.29, 0.717) is 0 Å². The number of nitrogens with one attached hydrogen (secondary N) is 1. The zero-order valence-corrected chi connectivity index (χ0v) is 12.0. The standard InChI is InChI=1S/C15H30N2O/c1-14(13-17-7-3-2-4-8-17)11-16-12-15-5-9-18-10-6-15/h14-16H,2-13H2,1H3. The lowest BCUT2D eigenvalue weighted by Crippen LogP contribution is -2.38. The Balaban J connectivity index is 1.52. The first kappa shape index (κ1) is 14.3. The summed E-state index contributed by atoms with van der Waals surface area (Å²) in [5.41, 5.74) is 0. The molecule has 3 nitrogen and oxygen atoms in total. The molecule has 0 bridgehead atoms. The average Bonchev–Trinajstić information content (AvgIpc) is 2.41. The average molecular weight is 254 g/mol. The van der Waals surface area contributed by atoms with Crippen molar-refractivity contribution in [2.24, 2.45) is 11.8 Å². The molecule has 106 valence electrons. The lowest BCUT2D eigenvalue weighted by molar-refractivity contribution is 0.0659. The summed E-state index contributed by atoms with van der Waals surface area (Å²) >= 11 is 0. The maximum Gasteiger partial charge on any atom is 0.0469 e. The SMILES string of the molecule is CC(CNCC1CCOCC1)CN1CCCCC1. The second kappa shape index (κ2) is 8.13. The predicted molar refractivity (Wildman–Crippen MR) is 75.9 cm³/mol. The molecule has 18 heavy (non-hydrogen) atoms. The highest BCUT2D eigenvalue weighted by atomic mass is 16.5. The van der Waals surface area contributed by atoms with Gasteiger partial charge in [-0.3, -0.25) is 0 Å². The number of hydrogen-bond donors (Lipinski definition) is 1. The second-order valence-corrected chi connectivity index (χ2v) is 6.18. The summed E-state index contributed by atoms with van der Waals surface area (Å²) in [6.45, 7) is 10.6. The fourth-order valence-electron chi connectivity index (χ4n) is 3.13. The Labute approximate surface area is 112 Å². The van der Waals surface area contributed by atoms with Gasteiger partial charge in [-0.05, 0) is 63.7 Å². The minimum absolute atomic E-state index is 0.781. The molecule has 3 heteroatoms. The molecule has 2 heterocycles. The summed E-state index contributed by atoms with van der Waals surface area (Å²) in [5.74, 6) is 1.63. The molecule has 1 N–H and O–H groups in total. The van der Waals surface area contributed by atoms with E-state index in [1.54, 1.807) is 0 Å². The van der Waals surface area contributed by atoms with Gasteiger partial charge in [0, 0.05) is 19.8 Å². The van der Waals surface area contributed by atoms with Gasteiger partial charge < -0.3 is 15.0 Å². The van der Waals surface area contributed by atoms with Gasteiger partial charge in [0.15, 0.2) is 0 Å². The van der Waals surface area contributed by atoms with Crippen molar-refractivity contribution in [3.63, 3.8) is 0 Å². The van der Waals surface area contributed by atoms with Crippen LogP contribution in [0, 0.1) is 11.8 Å². The fourth-order valence-corrected chi connectivity index (χ4v) is 3.13. The van der Waals surface area contributed by atoms with Crippen LogP contribution in [0.4, 0.5) is 0 Å². The van der Waals surface area contributed by atoms with Crippen LogP contribution in [0.1, 0.15) is 39.0 Å². The van der Waals surface area contributed by atoms with Crippen molar-refractivity contribution in [1.82, 2.24) is 10.2 Å². The van der Waals surface area contributed by atoms with Crippen molar-refractivity contribution in [3.8, 4) is 0 Å². The molecule has 0 aliphatic carbocycles. The van der Waals surface area contributed by atoms with Crippen molar-refractivity contribution in [2.75, 3.05) is 45.9 Å². The third-order valence-corrected chi connectivity index (χ3v) is 4.29. The Morgan fingerprint density at radius 3 is 2.61 bits per heavy atom. The minimum atomic E-state index is 0.781. The van der Waals surface area contributed by atoms with Crippen LogP contribution in [0.2, 0.25) is 0 Å². The molecule has 2 aliphatic heterocycles. The van der Waals surface area contributed by atoms with Crippen LogP contribution in [-0.2, 0) is 4.74 Å². The van der Waals surface area contributed by atoms with Crippen LogP contribution in [-0.4, -0.2) is 50.8 Å². The molecule has 0 aromatic carbocycles. The van der Waals surface area contributed by atoms with Crippen LogP contribution < -0.4 is 5.32 Å². The highest BCUT2D eigenvalue weighted by Crippen LogP contribution is 2.14. The van der Waals surface area contributed by atoms with Crippen LogP contribution in [0.5, 0.6) is 0 Å². The molecule has 2 aliphatic rings. The van der Waals surface area contributed by atoms with Gasteiger partial charge >= 0.3 is 0 Å². The molecule has 2 rings (SSSR count). The lowest BCUT2D eigenvalue weighted by Gasteiger charge is -2.29. The molecule has 2 fully saturated rings. The number of nitrogens with zero attached hydrogens (tertiary/aromatic N) is 1. The Morgan fingerprint density at radius 1 is 1.17 bits per heavy atom. The molecule has 0 amide bonds. The number of rotatable bonds is 6. The van der Waals surface area contributed by atoms with Crippen LogP contribution in [0.25, 0.3) is 0 Å². The highest BCUT2D eigenvalue weighted by molar-refractivity contribution is 4.71. The molecule has 1 unspecified atom stereocenters. The first-order chi connectivity index (χ1) is 8.84. The summed E-state index contributed by atoms with van der Waals surface area (Å²) in [4.78, 5) is 2.64. The van der Waals surface area contributed by atoms with Gasteiger partial charge in [0.2, 0.25) is 0 Å². The van der Waals surface area contributed by atoms with Gasteiger partial charge in [-0.25, -0.2) is 0 Å². The van der Waals surface area contributed by atoms with E-state index in [0.717, 1.165) is 25.0 Å². The molecular weight excluding hydrogens is 224 g/mol. The zero-order chi connectivity index (χ0) is 12.6. The van der Waals surface area contributed by atoms with Crippen molar-refractivity contribution >= 4 is 0 Å². The van der Waals surface area contributed by atoms with E-state index >= 15 is 0 Å². The Kier molecular flexibility index (Phi) is 6.46. The van der Waals surface area contributed by atoms with Crippen molar-refractivity contribution < 1.29 is 4.74 Å². The highest BCUT2D eigenvalue weighted by Gasteiger charge is 2.15. The number of ether oxygens (including phenoxy) is 1. The van der Waals surface area contributed by atoms with E-state index in [9.17, 15) is 0 Å². The molecule has 2 saturated heterocycles. The van der Waals surface area contributed by atoms with Crippen LogP contribution in [0.3, 0.4) is 0 Å². The third kappa shape index (κ3) is 5.25. The lowest BCUT2D eigenvalue weighted by atomic mass is 10.00. The second-order valence-electron chi connectivity index (χ2n) is 6.18. The van der Waals surface area contributed by atoms with Crippen molar-refractivity contribution in [2.45, 2.75) is 39.0 Å². The van der Waals surface area contributed by atoms with E-state index in [1.165, 1.54) is 64.8 Å². The summed E-state index contributed by atoms with van der Waals surface area (Å²) in [7, 11) is 0. The van der Waals surface area contributed by atoms with E-state index < -0.39 is 0 Å². The summed E-state index contributed by atoms with van der Waals surface area (Å²) in [6.07, 6.45) is 6.73. The summed E-state index contributed by atoms with van der Waals surface area (Å²) < 4.78 is 5.39. The van der Waals surface area contributed by atoms with Gasteiger partial charge in [-0.15, -0.1) is 0 Å². The van der Waals surface area contributed by atoms with Gasteiger partial charge in [-0.2, -0.15) is 0 Å². The summed E-state index contributed by atoms with van der Waals surface area (Å²) in [5, 5.41) is 3.66. The van der Waals surface area contributed by atoms with Gasteiger partial charge in [0.25, 0.3) is 0 Å². The van der Waals surface area contributed by atoms with E-state index in [1.807, 2.05) is 0 Å². The Morgan fingerprint density at radius 2 is 1.89 bits per heavy atom. The van der Waals surface area contributed by atoms with Gasteiger partial charge in [0.1, 0.15) is 0 Å². The van der Waals surface area contributed by atoms with Crippen molar-refractivity contribution in [1.29, 1.82) is 0 Å². The summed E-state index contributed by atoms with van der Waals surface area (Å²) in [6, 6.07) is 0. The van der Waals surface area contributed by atoms with Crippen LogP contribution in [0.15, 0.2) is 0 Å². The number of likely N-dealkylation sites (tertiary alicyclic amines) is 1. The largest absolute Gasteiger partial charge is 0.381 e. The number of hydrogen-bond acceptors (Lipinski definition) is 3. The van der Waals surface area contributed by atoms with E-state index in [2.05, 4.69) is 17.1 Å². The Bertz CT molecular complexity index is 211. The predicted octanol–water partition coefficient (Wildman–Crippen LogP) is 2.12. The normalized spacial score (nSPS) is 25.2. The topological polar surface area (TPSA) is 24.5 Å². The zero-order valence-electron chi connectivity index (χ0n) is 12.0. The Hall–Kier alpha value is -0.120. The smallest absolute Gasteiger partial charge is 0.0469 e. The number of piperidine rings is 1. The first-order valence-corrected chi connectivity index (χ1v) is 7.85. The van der Waals surface area contributed by atoms with Crippen LogP contribution >= 0.6 is 0 Å². The van der Waals surface area contributed by atoms with Gasteiger partial charge in [0.05, 0.1) is 0 Å². The first-order valence-electron chi connectivity index (χ1n) is 7.85. The molecule has 0 aromatic heterocycles. The van der Waals surface area contributed by atoms with E-state index in [4.69, 9.17) is 4.74 Å². The maximum absolute atomic E-state index is 5.39. The van der Waals surface area contributed by atoms with Gasteiger partial charge in [-0.1, -0.05) is 13.3 Å².